The van der Waals surface area contributed by atoms with E-state index in [9.17, 15) is 0 Å². The van der Waals surface area contributed by atoms with Crippen LogP contribution in [0, 0.1) is 3.57 Å². The minimum Gasteiger partial charge on any atom is -0.295 e. The van der Waals surface area contributed by atoms with Crippen LogP contribution in [0.15, 0.2) is 40.9 Å². The van der Waals surface area contributed by atoms with Crippen molar-refractivity contribution in [3.05, 3.63) is 55.3 Å². The van der Waals surface area contributed by atoms with Gasteiger partial charge < -0.3 is 0 Å². The summed E-state index contributed by atoms with van der Waals surface area (Å²) in [5.41, 5.74) is 2.97. The highest BCUT2D eigenvalue weighted by Gasteiger charge is 2.12. The van der Waals surface area contributed by atoms with Gasteiger partial charge >= 0.3 is 0 Å². The highest BCUT2D eigenvalue weighted by Crippen LogP contribution is 2.29. The predicted octanol–water partition coefficient (Wildman–Crippen LogP) is 5.78. The molecule has 0 saturated heterocycles. The highest BCUT2D eigenvalue weighted by molar-refractivity contribution is 14.1. The summed E-state index contributed by atoms with van der Waals surface area (Å²) in [6, 6.07) is 12.0. The molecular weight excluding hydrogens is 474 g/mol. The van der Waals surface area contributed by atoms with Crippen molar-refractivity contribution >= 4 is 72.8 Å². The van der Waals surface area contributed by atoms with Gasteiger partial charge in [0.2, 0.25) is 0 Å². The number of benzene rings is 2. The fraction of sp³-hybridized carbons (Fsp3) is 0.0714. The first-order chi connectivity index (χ1) is 9.60. The molecule has 6 heteroatoms. The van der Waals surface area contributed by atoms with Crippen LogP contribution in [-0.2, 0) is 5.88 Å². The Morgan fingerprint density at radius 1 is 1.20 bits per heavy atom. The quantitative estimate of drug-likeness (QED) is 0.335. The Balaban J connectivity index is 2.30. The number of hydrogen-bond donors (Lipinski definition) is 0. The van der Waals surface area contributed by atoms with Gasteiger partial charge in [-0.3, -0.25) is 4.57 Å². The van der Waals surface area contributed by atoms with Crippen molar-refractivity contribution in [2.24, 2.45) is 0 Å². The van der Waals surface area contributed by atoms with Crippen LogP contribution >= 0.6 is 61.7 Å². The average Bonchev–Trinajstić information content (AvgIpc) is 2.79. The Hall–Kier alpha value is -0.300. The maximum atomic E-state index is 6.06. The molecule has 102 valence electrons. The van der Waals surface area contributed by atoms with Gasteiger partial charge in [-0.15, -0.1) is 11.6 Å². The largest absolute Gasteiger partial charge is 0.295 e. The number of halogens is 4. The number of rotatable bonds is 2. The molecule has 0 saturated carbocycles. The van der Waals surface area contributed by atoms with Gasteiger partial charge in [0.1, 0.15) is 5.82 Å². The van der Waals surface area contributed by atoms with E-state index in [1.807, 2.05) is 24.3 Å². The van der Waals surface area contributed by atoms with E-state index in [1.54, 1.807) is 0 Å². The van der Waals surface area contributed by atoms with Gasteiger partial charge in [-0.25, -0.2) is 4.98 Å². The van der Waals surface area contributed by atoms with E-state index in [-0.39, 0.29) is 0 Å². The molecule has 0 spiro atoms. The lowest BCUT2D eigenvalue weighted by Crippen LogP contribution is -1.99. The third-order valence-corrected chi connectivity index (χ3v) is 5.09. The molecule has 20 heavy (non-hydrogen) atoms. The van der Waals surface area contributed by atoms with Crippen LogP contribution in [0.5, 0.6) is 0 Å². The SMILES string of the molecule is ClCc1nc2cc(I)ccc2n1-c1ccc(Cl)c(Br)c1. The van der Waals surface area contributed by atoms with E-state index in [0.29, 0.717) is 10.9 Å². The van der Waals surface area contributed by atoms with E-state index in [1.165, 1.54) is 0 Å². The van der Waals surface area contributed by atoms with Crippen LogP contribution in [-0.4, -0.2) is 9.55 Å². The molecule has 0 aliphatic heterocycles. The number of imidazole rings is 1. The van der Waals surface area contributed by atoms with Crippen LogP contribution in [0.3, 0.4) is 0 Å². The van der Waals surface area contributed by atoms with E-state index < -0.39 is 0 Å². The molecule has 3 aromatic rings. The smallest absolute Gasteiger partial charge is 0.129 e. The Morgan fingerprint density at radius 2 is 2.00 bits per heavy atom. The number of nitrogens with zero attached hydrogens (tertiary/aromatic N) is 2. The van der Waals surface area contributed by atoms with Crippen molar-refractivity contribution in [3.8, 4) is 5.69 Å². The molecule has 2 aromatic carbocycles. The molecule has 2 nitrogen and oxygen atoms in total. The zero-order chi connectivity index (χ0) is 14.3. The number of hydrogen-bond acceptors (Lipinski definition) is 1. The molecule has 1 heterocycles. The lowest BCUT2D eigenvalue weighted by molar-refractivity contribution is 0.981. The Kier molecular flexibility index (Phi) is 4.26. The maximum absolute atomic E-state index is 6.06. The average molecular weight is 482 g/mol. The van der Waals surface area contributed by atoms with Crippen molar-refractivity contribution in [1.82, 2.24) is 9.55 Å². The van der Waals surface area contributed by atoms with Crippen molar-refractivity contribution in [1.29, 1.82) is 0 Å². The van der Waals surface area contributed by atoms with Crippen LogP contribution < -0.4 is 0 Å². The fourth-order valence-corrected chi connectivity index (χ4v) is 3.24. The number of aromatic nitrogens is 2. The summed E-state index contributed by atoms with van der Waals surface area (Å²) in [6.45, 7) is 0. The van der Waals surface area contributed by atoms with Gasteiger partial charge in [0.15, 0.2) is 0 Å². The van der Waals surface area contributed by atoms with E-state index in [0.717, 1.165) is 30.6 Å². The van der Waals surface area contributed by atoms with E-state index in [2.05, 4.69) is 60.2 Å². The van der Waals surface area contributed by atoms with Crippen molar-refractivity contribution in [2.45, 2.75) is 5.88 Å². The van der Waals surface area contributed by atoms with Gasteiger partial charge in [-0.1, -0.05) is 11.6 Å². The van der Waals surface area contributed by atoms with Crippen LogP contribution in [0.1, 0.15) is 5.82 Å². The lowest BCUT2D eigenvalue weighted by atomic mass is 10.3. The summed E-state index contributed by atoms with van der Waals surface area (Å²) in [5, 5.41) is 0.681. The van der Waals surface area contributed by atoms with Crippen molar-refractivity contribution < 1.29 is 0 Å². The Morgan fingerprint density at radius 3 is 2.70 bits per heavy atom. The number of alkyl halides is 1. The third kappa shape index (κ3) is 2.58. The second kappa shape index (κ2) is 5.83. The standard InChI is InChI=1S/C14H8BrCl2IN2/c15-10-6-9(2-3-11(10)17)20-13-4-1-8(18)5-12(13)19-14(20)7-16/h1-6H,7H2. The van der Waals surface area contributed by atoms with Gasteiger partial charge in [0.05, 0.1) is 21.9 Å². The minimum atomic E-state index is 0.353. The summed E-state index contributed by atoms with van der Waals surface area (Å²) in [6.07, 6.45) is 0. The fourth-order valence-electron chi connectivity index (χ4n) is 2.11. The monoisotopic (exact) mass is 480 g/mol. The molecule has 0 bridgehead atoms. The molecule has 0 aliphatic rings. The highest BCUT2D eigenvalue weighted by atomic mass is 127. The minimum absolute atomic E-state index is 0.353. The molecule has 1 aromatic heterocycles. The molecule has 0 N–H and O–H groups in total. The van der Waals surface area contributed by atoms with Crippen molar-refractivity contribution in [3.63, 3.8) is 0 Å². The molecule has 0 unspecified atom stereocenters. The molecular formula is C14H8BrCl2IN2. The summed E-state index contributed by atoms with van der Waals surface area (Å²) in [5.74, 6) is 1.17. The summed E-state index contributed by atoms with van der Waals surface area (Å²) < 4.78 is 4.06. The van der Waals surface area contributed by atoms with Crippen LogP contribution in [0.2, 0.25) is 5.02 Å². The second-order valence-electron chi connectivity index (χ2n) is 4.23. The predicted molar refractivity (Wildman–Crippen MR) is 96.1 cm³/mol. The lowest BCUT2D eigenvalue weighted by Gasteiger charge is -2.09. The summed E-state index contributed by atoms with van der Waals surface area (Å²) in [7, 11) is 0. The van der Waals surface area contributed by atoms with Crippen LogP contribution in [0.25, 0.3) is 16.7 Å². The maximum Gasteiger partial charge on any atom is 0.129 e. The second-order valence-corrected chi connectivity index (χ2v) is 7.00. The number of fused-ring (bicyclic) bond motifs is 1. The van der Waals surface area contributed by atoms with Crippen LogP contribution in [0.4, 0.5) is 0 Å². The molecule has 0 fully saturated rings. The van der Waals surface area contributed by atoms with Gasteiger partial charge in [-0.05, 0) is 74.9 Å². The molecule has 0 atom stereocenters. The zero-order valence-corrected chi connectivity index (χ0v) is 15.3. The van der Waals surface area contributed by atoms with E-state index >= 15 is 0 Å². The first-order valence-electron chi connectivity index (χ1n) is 5.78. The molecule has 0 amide bonds. The van der Waals surface area contributed by atoms with Crippen molar-refractivity contribution in [2.75, 3.05) is 0 Å². The molecule has 3 rings (SSSR count). The first-order valence-corrected chi connectivity index (χ1v) is 8.57. The van der Waals surface area contributed by atoms with E-state index in [4.69, 9.17) is 23.2 Å². The Bertz CT molecular complexity index is 801. The normalized spacial score (nSPS) is 11.2. The van der Waals surface area contributed by atoms with Gasteiger partial charge in [0.25, 0.3) is 0 Å². The molecule has 0 aliphatic carbocycles. The zero-order valence-electron chi connectivity index (χ0n) is 10.1. The Labute approximate surface area is 148 Å². The third-order valence-electron chi connectivity index (χ3n) is 2.97. The van der Waals surface area contributed by atoms with Gasteiger partial charge in [0, 0.05) is 13.7 Å². The first kappa shape index (κ1) is 14.6. The summed E-state index contributed by atoms with van der Waals surface area (Å²) in [4.78, 5) is 4.60. The van der Waals surface area contributed by atoms with Gasteiger partial charge in [-0.2, -0.15) is 0 Å². The summed E-state index contributed by atoms with van der Waals surface area (Å²) >= 11 is 17.8. The molecule has 0 radical (unpaired) electrons. The topological polar surface area (TPSA) is 17.8 Å².